The van der Waals surface area contributed by atoms with E-state index in [0.29, 0.717) is 24.8 Å². The van der Waals surface area contributed by atoms with E-state index >= 15 is 0 Å². The van der Waals surface area contributed by atoms with E-state index < -0.39 is 108 Å². The first-order valence-electron chi connectivity index (χ1n) is 23.2. The van der Waals surface area contributed by atoms with E-state index in [0.717, 1.165) is 33.2 Å². The monoisotopic (exact) mass is 935 g/mol. The quantitative estimate of drug-likeness (QED) is 0.0549. The second kappa shape index (κ2) is 23.6. The van der Waals surface area contributed by atoms with Crippen LogP contribution in [0.4, 0.5) is 0 Å². The molecule has 0 unspecified atom stereocenters. The van der Waals surface area contributed by atoms with Gasteiger partial charge >= 0.3 is 11.9 Å². The fraction of sp³-hybridized carbons (Fsp3) is 0.451. The number of hydrogen-bond acceptors (Lipinski definition) is 8. The lowest BCUT2D eigenvalue weighted by Crippen LogP contribution is -2.61. The molecule has 1 aromatic heterocycles. The molecule has 17 nitrogen and oxygen atoms in total. The predicted molar refractivity (Wildman–Crippen MR) is 255 cm³/mol. The van der Waals surface area contributed by atoms with Crippen molar-refractivity contribution in [1.82, 2.24) is 36.9 Å². The molecule has 7 atom stereocenters. The van der Waals surface area contributed by atoms with Gasteiger partial charge in [0.2, 0.25) is 35.4 Å². The van der Waals surface area contributed by atoms with Gasteiger partial charge in [0.15, 0.2) is 0 Å². The van der Waals surface area contributed by atoms with Gasteiger partial charge in [-0.05, 0) is 70.9 Å². The van der Waals surface area contributed by atoms with Crippen LogP contribution in [0.5, 0.6) is 0 Å². The van der Waals surface area contributed by atoms with Gasteiger partial charge in [-0.25, -0.2) is 4.79 Å². The number of aryl methyl sites for hydroxylation is 2. The molecule has 1 aliphatic rings. The molecule has 9 N–H and O–H groups in total. The molecule has 0 aliphatic heterocycles. The second-order valence-electron chi connectivity index (χ2n) is 18.5. The minimum Gasteiger partial charge on any atom is -0.481 e. The standard InChI is InChI=1S/C51H65N7O10/c1-8-29(6)44(49(65)56-40(51(67)68)24-33-26-52-37-20-14-13-17-34(33)37)58-48(64)43(28(4)5)57-47(63)39(25-41(60)61)54-46(62)38(23-27(2)3)55-50(66)45(53-30(7)59)42-35-18-11-9-15-31(35)21-22-32-16-10-12-19-36(32)42/h9-20,26-29,38-40,42-45,52H,8,21-25H2,1-7H3,(H,53,59)(H,54,62)(H,55,66)(H,56,65)(H,57,63)(H,58,64)(H,60,61)(H,67,68)/t29-,38-,39-,40-,43-,44-,45+/m0/s1. The minimum absolute atomic E-state index is 0.0468. The molecule has 5 rings (SSSR count). The average Bonchev–Trinajstić information content (AvgIpc) is 3.62. The topological polar surface area (TPSA) is 265 Å². The van der Waals surface area contributed by atoms with Gasteiger partial charge in [-0.3, -0.25) is 33.6 Å². The number of carbonyl (C=O) groups is 8. The van der Waals surface area contributed by atoms with Crippen molar-refractivity contribution in [2.75, 3.05) is 0 Å². The average molecular weight is 936 g/mol. The molecule has 6 amide bonds. The lowest BCUT2D eigenvalue weighted by molar-refractivity contribution is -0.142. The first kappa shape index (κ1) is 51.9. The molecule has 0 spiro atoms. The Morgan fingerprint density at radius 1 is 0.632 bits per heavy atom. The number of H-pyrrole nitrogens is 1. The zero-order chi connectivity index (χ0) is 49.8. The van der Waals surface area contributed by atoms with Crippen LogP contribution >= 0.6 is 0 Å². The van der Waals surface area contributed by atoms with Crippen LogP contribution in [0.2, 0.25) is 0 Å². The number of para-hydroxylation sites is 1. The molecular formula is C51H65N7O10. The van der Waals surface area contributed by atoms with Crippen molar-refractivity contribution < 1.29 is 48.6 Å². The van der Waals surface area contributed by atoms with Crippen LogP contribution in [0.3, 0.4) is 0 Å². The van der Waals surface area contributed by atoms with E-state index in [1.54, 1.807) is 33.9 Å². The first-order chi connectivity index (χ1) is 32.3. The molecule has 0 saturated heterocycles. The van der Waals surface area contributed by atoms with Gasteiger partial charge in [0.05, 0.1) is 6.42 Å². The number of carbonyl (C=O) groups excluding carboxylic acids is 6. The number of rotatable bonds is 22. The smallest absolute Gasteiger partial charge is 0.326 e. The van der Waals surface area contributed by atoms with E-state index in [2.05, 4.69) is 36.9 Å². The highest BCUT2D eigenvalue weighted by molar-refractivity contribution is 5.98. The maximum Gasteiger partial charge on any atom is 0.326 e. The molecule has 3 aromatic carbocycles. The fourth-order valence-electron chi connectivity index (χ4n) is 8.78. The summed E-state index contributed by atoms with van der Waals surface area (Å²) in [6.07, 6.45) is 2.64. The Morgan fingerprint density at radius 2 is 1.16 bits per heavy atom. The zero-order valence-corrected chi connectivity index (χ0v) is 39.7. The number of carboxylic acid groups (broad SMARTS) is 2. The van der Waals surface area contributed by atoms with Gasteiger partial charge < -0.3 is 47.1 Å². The summed E-state index contributed by atoms with van der Waals surface area (Å²) in [6.45, 7) is 11.7. The summed E-state index contributed by atoms with van der Waals surface area (Å²) in [5.41, 5.74) is 5.18. The Morgan fingerprint density at radius 3 is 1.72 bits per heavy atom. The van der Waals surface area contributed by atoms with Gasteiger partial charge in [-0.15, -0.1) is 0 Å². The van der Waals surface area contributed by atoms with Crippen molar-refractivity contribution in [3.05, 3.63) is 107 Å². The Balaban J connectivity index is 1.34. The number of nitrogens with one attached hydrogen (secondary N) is 7. The summed E-state index contributed by atoms with van der Waals surface area (Å²) in [4.78, 5) is 111. The SMILES string of the molecule is CC[C@H](C)[C@H](NC(=O)[C@@H](NC(=O)[C@H](CC(=O)O)NC(=O)[C@H](CC(C)C)NC(=O)[C@H](NC(C)=O)C1c2ccccc2CCc2ccccc21)C(C)C)C(=O)N[C@@H](Cc1c[nH]c2ccccc12)C(=O)O. The van der Waals surface area contributed by atoms with Crippen LogP contribution in [0.15, 0.2) is 79.0 Å². The molecule has 0 bridgehead atoms. The van der Waals surface area contributed by atoms with Gasteiger partial charge in [-0.2, -0.15) is 0 Å². The predicted octanol–water partition coefficient (Wildman–Crippen LogP) is 3.88. The number of aromatic amines is 1. The van der Waals surface area contributed by atoms with Crippen molar-refractivity contribution in [3.8, 4) is 0 Å². The Hall–Kier alpha value is -7.04. The van der Waals surface area contributed by atoms with E-state index in [4.69, 9.17) is 0 Å². The molecule has 0 fully saturated rings. The molecule has 17 heteroatoms. The number of amides is 6. The Labute approximate surface area is 396 Å². The van der Waals surface area contributed by atoms with Crippen LogP contribution in [0.1, 0.15) is 101 Å². The summed E-state index contributed by atoms with van der Waals surface area (Å²) < 4.78 is 0. The van der Waals surface area contributed by atoms with Crippen molar-refractivity contribution in [1.29, 1.82) is 0 Å². The minimum atomic E-state index is -1.72. The van der Waals surface area contributed by atoms with Crippen molar-refractivity contribution >= 4 is 58.3 Å². The maximum absolute atomic E-state index is 14.5. The summed E-state index contributed by atoms with van der Waals surface area (Å²) in [5.74, 6) is -9.21. The summed E-state index contributed by atoms with van der Waals surface area (Å²) in [6, 6.07) is 14.6. The lowest BCUT2D eigenvalue weighted by Gasteiger charge is -2.31. The highest BCUT2D eigenvalue weighted by Crippen LogP contribution is 2.37. The van der Waals surface area contributed by atoms with Crippen LogP contribution in [-0.2, 0) is 57.6 Å². The number of aromatic nitrogens is 1. The lowest BCUT2D eigenvalue weighted by atomic mass is 9.82. The van der Waals surface area contributed by atoms with Gasteiger partial charge in [-0.1, -0.05) is 115 Å². The third-order valence-electron chi connectivity index (χ3n) is 12.5. The van der Waals surface area contributed by atoms with Crippen LogP contribution < -0.4 is 31.9 Å². The largest absolute Gasteiger partial charge is 0.481 e. The van der Waals surface area contributed by atoms with E-state index in [9.17, 15) is 48.6 Å². The van der Waals surface area contributed by atoms with Gasteiger partial charge in [0.1, 0.15) is 36.3 Å². The molecular weight excluding hydrogens is 871 g/mol. The summed E-state index contributed by atoms with van der Waals surface area (Å²) in [7, 11) is 0. The van der Waals surface area contributed by atoms with Crippen LogP contribution in [-0.4, -0.2) is 98.8 Å². The number of fused-ring (bicyclic) bond motifs is 3. The molecule has 1 heterocycles. The first-order valence-corrected chi connectivity index (χ1v) is 23.2. The van der Waals surface area contributed by atoms with E-state index in [1.807, 2.05) is 86.6 Å². The van der Waals surface area contributed by atoms with Gasteiger partial charge in [0, 0.05) is 36.4 Å². The Kier molecular flexibility index (Phi) is 18.0. The third kappa shape index (κ3) is 13.3. The van der Waals surface area contributed by atoms with E-state index in [-0.39, 0.29) is 18.8 Å². The zero-order valence-electron chi connectivity index (χ0n) is 39.7. The number of aliphatic carboxylic acids is 2. The molecule has 364 valence electrons. The van der Waals surface area contributed by atoms with Gasteiger partial charge in [0.25, 0.3) is 0 Å². The van der Waals surface area contributed by atoms with Crippen LogP contribution in [0, 0.1) is 17.8 Å². The third-order valence-corrected chi connectivity index (χ3v) is 12.5. The molecule has 68 heavy (non-hydrogen) atoms. The maximum atomic E-state index is 14.5. The van der Waals surface area contributed by atoms with Crippen molar-refractivity contribution in [2.45, 2.75) is 129 Å². The highest BCUT2D eigenvalue weighted by Gasteiger charge is 2.39. The number of benzene rings is 3. The van der Waals surface area contributed by atoms with Crippen molar-refractivity contribution in [2.24, 2.45) is 17.8 Å². The number of hydrogen-bond donors (Lipinski definition) is 9. The normalized spacial score (nSPS) is 15.5. The second-order valence-corrected chi connectivity index (χ2v) is 18.5. The molecule has 4 aromatic rings. The Bertz CT molecular complexity index is 2440. The summed E-state index contributed by atoms with van der Waals surface area (Å²) >= 11 is 0. The highest BCUT2D eigenvalue weighted by atomic mass is 16.4. The molecule has 1 aliphatic carbocycles. The van der Waals surface area contributed by atoms with Crippen molar-refractivity contribution in [3.63, 3.8) is 0 Å². The molecule has 0 radical (unpaired) electrons. The number of carboxylic acids is 2. The molecule has 0 saturated carbocycles. The summed E-state index contributed by atoms with van der Waals surface area (Å²) in [5, 5.41) is 36.8. The van der Waals surface area contributed by atoms with Crippen LogP contribution in [0.25, 0.3) is 10.9 Å². The fourth-order valence-corrected chi connectivity index (χ4v) is 8.78. The van der Waals surface area contributed by atoms with E-state index in [1.165, 1.54) is 6.92 Å².